The first-order chi connectivity index (χ1) is 21.0. The first-order valence-electron chi connectivity index (χ1n) is 14.4. The van der Waals surface area contributed by atoms with Gasteiger partial charge in [-0.1, -0.05) is 36.4 Å². The molecule has 228 valence electrons. The van der Waals surface area contributed by atoms with Crippen molar-refractivity contribution >= 4 is 33.0 Å². The number of rotatable bonds is 9. The molecule has 1 amide bonds. The Hall–Kier alpha value is -4.71. The molecular formula is C32H35N7O4S. The fourth-order valence-corrected chi connectivity index (χ4v) is 6.06. The van der Waals surface area contributed by atoms with Crippen molar-refractivity contribution in [2.24, 2.45) is 10.3 Å². The van der Waals surface area contributed by atoms with Crippen LogP contribution in [0.2, 0.25) is 0 Å². The van der Waals surface area contributed by atoms with Crippen molar-refractivity contribution in [1.29, 1.82) is 0 Å². The summed E-state index contributed by atoms with van der Waals surface area (Å²) in [6, 6.07) is 18.8. The number of sulfonamides is 1. The third-order valence-electron chi connectivity index (χ3n) is 8.34. The zero-order chi connectivity index (χ0) is 31.2. The van der Waals surface area contributed by atoms with Crippen LogP contribution in [0.3, 0.4) is 0 Å². The number of para-hydroxylation sites is 1. The molecule has 4 aromatic rings. The van der Waals surface area contributed by atoms with Crippen molar-refractivity contribution < 1.29 is 17.9 Å². The molecule has 11 nitrogen and oxygen atoms in total. The van der Waals surface area contributed by atoms with Gasteiger partial charge < -0.3 is 10.1 Å². The summed E-state index contributed by atoms with van der Waals surface area (Å²) >= 11 is 0. The number of carbonyl (C=O) groups excluding carboxylic acids is 1. The fraction of sp³-hybridized carbons (Fsp3) is 0.312. The number of aryl methyl sites for hydroxylation is 1. The van der Waals surface area contributed by atoms with E-state index in [-0.39, 0.29) is 28.8 Å². The Balaban J connectivity index is 1.25. The molecule has 3 aromatic carbocycles. The van der Waals surface area contributed by atoms with E-state index in [0.29, 0.717) is 17.8 Å². The van der Waals surface area contributed by atoms with E-state index in [1.165, 1.54) is 7.11 Å². The van der Waals surface area contributed by atoms with Crippen LogP contribution in [0.5, 0.6) is 5.75 Å². The van der Waals surface area contributed by atoms with Gasteiger partial charge in [0, 0.05) is 16.8 Å². The van der Waals surface area contributed by atoms with Gasteiger partial charge in [0.05, 0.1) is 48.9 Å². The standard InChI is InChI=1S/C32H35N7O4S/c1-20-11-12-22(31(40)34-26-16-23(32(3)13-14-32)17-27(30(26)43-4)36-44(5,41)42)15-29(20)38-19-28(35-37-38)25-18-33-39(21(25)2)24-9-7-6-8-10-24/h6-12,15-18,28,36H,13-14,19H2,1-5H3,(H,34,40). The van der Waals surface area contributed by atoms with Crippen molar-refractivity contribution in [1.82, 2.24) is 9.78 Å². The number of hydrogen-bond donors (Lipinski definition) is 2. The van der Waals surface area contributed by atoms with Crippen LogP contribution in [0.25, 0.3) is 5.69 Å². The number of ether oxygens (including phenoxy) is 1. The van der Waals surface area contributed by atoms with Crippen LogP contribution < -0.4 is 19.8 Å². The predicted octanol–water partition coefficient (Wildman–Crippen LogP) is 6.10. The second kappa shape index (κ2) is 11.1. The number of hydrogen-bond acceptors (Lipinski definition) is 8. The number of methoxy groups -OCH3 is 1. The van der Waals surface area contributed by atoms with Crippen molar-refractivity contribution in [3.05, 3.63) is 94.8 Å². The molecule has 2 N–H and O–H groups in total. The Kier molecular flexibility index (Phi) is 7.40. The zero-order valence-corrected chi connectivity index (χ0v) is 26.1. The Morgan fingerprint density at radius 2 is 1.77 bits per heavy atom. The average molecular weight is 614 g/mol. The van der Waals surface area contributed by atoms with Gasteiger partial charge in [0.15, 0.2) is 5.75 Å². The summed E-state index contributed by atoms with van der Waals surface area (Å²) < 4.78 is 34.2. The Morgan fingerprint density at radius 3 is 2.45 bits per heavy atom. The molecule has 0 radical (unpaired) electrons. The molecule has 2 heterocycles. The monoisotopic (exact) mass is 613 g/mol. The van der Waals surface area contributed by atoms with Crippen LogP contribution in [0.15, 0.2) is 77.2 Å². The Labute approximate surface area is 257 Å². The largest absolute Gasteiger partial charge is 0.492 e. The topological polar surface area (TPSA) is 130 Å². The number of amides is 1. The molecular weight excluding hydrogens is 578 g/mol. The summed E-state index contributed by atoms with van der Waals surface area (Å²) in [7, 11) is -2.14. The summed E-state index contributed by atoms with van der Waals surface area (Å²) in [4.78, 5) is 13.6. The van der Waals surface area contributed by atoms with Gasteiger partial charge in [-0.2, -0.15) is 10.2 Å². The van der Waals surface area contributed by atoms with E-state index in [4.69, 9.17) is 4.74 Å². The molecule has 1 fully saturated rings. The predicted molar refractivity (Wildman–Crippen MR) is 170 cm³/mol. The first kappa shape index (κ1) is 29.4. The number of anilines is 3. The number of nitrogens with zero attached hydrogens (tertiary/aromatic N) is 5. The zero-order valence-electron chi connectivity index (χ0n) is 25.3. The molecule has 44 heavy (non-hydrogen) atoms. The first-order valence-corrected chi connectivity index (χ1v) is 16.3. The lowest BCUT2D eigenvalue weighted by molar-refractivity contribution is 0.102. The molecule has 0 bridgehead atoms. The van der Waals surface area contributed by atoms with E-state index in [0.717, 1.165) is 52.9 Å². The van der Waals surface area contributed by atoms with Crippen molar-refractivity contribution in [2.75, 3.05) is 35.0 Å². The maximum absolute atomic E-state index is 13.6. The molecule has 1 aliphatic heterocycles. The number of aromatic nitrogens is 2. The second-order valence-corrected chi connectivity index (χ2v) is 13.5. The van der Waals surface area contributed by atoms with Crippen LogP contribution in [0.4, 0.5) is 17.1 Å². The summed E-state index contributed by atoms with van der Waals surface area (Å²) in [5.74, 6) is -0.118. The third kappa shape index (κ3) is 5.77. The second-order valence-electron chi connectivity index (χ2n) is 11.7. The van der Waals surface area contributed by atoms with Crippen molar-refractivity contribution in [2.45, 2.75) is 45.1 Å². The van der Waals surface area contributed by atoms with Gasteiger partial charge in [-0.05, 0) is 79.6 Å². The van der Waals surface area contributed by atoms with E-state index >= 15 is 0 Å². The average Bonchev–Trinajstić information content (AvgIpc) is 3.37. The summed E-state index contributed by atoms with van der Waals surface area (Å²) in [5.41, 5.74) is 6.61. The quantitative estimate of drug-likeness (QED) is 0.235. The van der Waals surface area contributed by atoms with E-state index in [9.17, 15) is 13.2 Å². The third-order valence-corrected chi connectivity index (χ3v) is 8.93. The van der Waals surface area contributed by atoms with Crippen LogP contribution in [-0.2, 0) is 15.4 Å². The lowest BCUT2D eigenvalue weighted by Crippen LogP contribution is -2.19. The van der Waals surface area contributed by atoms with Gasteiger partial charge in [-0.3, -0.25) is 9.52 Å². The summed E-state index contributed by atoms with van der Waals surface area (Å²) in [6.07, 6.45) is 4.87. The number of nitrogens with one attached hydrogen (secondary N) is 2. The number of benzene rings is 3. The molecule has 1 atom stereocenters. The van der Waals surface area contributed by atoms with Gasteiger partial charge in [0.25, 0.3) is 5.91 Å². The van der Waals surface area contributed by atoms with Gasteiger partial charge in [-0.15, -0.1) is 0 Å². The van der Waals surface area contributed by atoms with Gasteiger partial charge in [0.2, 0.25) is 10.0 Å². The molecule has 1 aromatic heterocycles. The van der Waals surface area contributed by atoms with Gasteiger partial charge >= 0.3 is 0 Å². The lowest BCUT2D eigenvalue weighted by atomic mass is 9.96. The molecule has 0 saturated heterocycles. The molecule has 12 heteroatoms. The van der Waals surface area contributed by atoms with Crippen molar-refractivity contribution in [3.8, 4) is 11.4 Å². The highest BCUT2D eigenvalue weighted by molar-refractivity contribution is 7.92. The minimum atomic E-state index is -3.58. The lowest BCUT2D eigenvalue weighted by Gasteiger charge is -2.20. The Bertz CT molecular complexity index is 1880. The van der Waals surface area contributed by atoms with Crippen LogP contribution >= 0.6 is 0 Å². The molecule has 1 unspecified atom stereocenters. The molecule has 6 rings (SSSR count). The van der Waals surface area contributed by atoms with Gasteiger partial charge in [-0.25, -0.2) is 18.1 Å². The highest BCUT2D eigenvalue weighted by Crippen LogP contribution is 2.51. The molecule has 2 aliphatic rings. The smallest absolute Gasteiger partial charge is 0.255 e. The minimum Gasteiger partial charge on any atom is -0.492 e. The highest BCUT2D eigenvalue weighted by atomic mass is 32.2. The maximum Gasteiger partial charge on any atom is 0.255 e. The number of carbonyl (C=O) groups is 1. The van der Waals surface area contributed by atoms with E-state index in [2.05, 4.69) is 32.4 Å². The van der Waals surface area contributed by atoms with E-state index in [1.54, 1.807) is 23.2 Å². The fourth-order valence-electron chi connectivity index (χ4n) is 5.51. The van der Waals surface area contributed by atoms with Crippen molar-refractivity contribution in [3.63, 3.8) is 0 Å². The van der Waals surface area contributed by atoms with Crippen LogP contribution in [-0.4, -0.2) is 44.0 Å². The van der Waals surface area contributed by atoms with E-state index in [1.807, 2.05) is 67.2 Å². The molecule has 1 aliphatic carbocycles. The normalized spacial score (nSPS) is 17.0. The van der Waals surface area contributed by atoms with Gasteiger partial charge in [0.1, 0.15) is 6.04 Å². The van der Waals surface area contributed by atoms with E-state index < -0.39 is 10.0 Å². The van der Waals surface area contributed by atoms with Crippen LogP contribution in [0.1, 0.15) is 58.5 Å². The molecule has 0 spiro atoms. The Morgan fingerprint density at radius 1 is 1.05 bits per heavy atom. The van der Waals surface area contributed by atoms with Crippen LogP contribution in [0, 0.1) is 13.8 Å². The molecule has 1 saturated carbocycles. The maximum atomic E-state index is 13.6. The summed E-state index contributed by atoms with van der Waals surface area (Å²) in [6.45, 7) is 6.60. The SMILES string of the molecule is COc1c(NC(=O)c2ccc(C)c(N3CC(c4cnn(-c5ccccc5)c4C)N=N3)c2)cc(C2(C)CC2)cc1NS(C)(=O)=O. The highest BCUT2D eigenvalue weighted by Gasteiger charge is 2.40. The summed E-state index contributed by atoms with van der Waals surface area (Å²) in [5, 5.41) is 18.3. The minimum absolute atomic E-state index is 0.0794.